The van der Waals surface area contributed by atoms with Crippen LogP contribution in [0.15, 0.2) is 27.4 Å². The van der Waals surface area contributed by atoms with Crippen molar-refractivity contribution in [3.8, 4) is 0 Å². The van der Waals surface area contributed by atoms with Gasteiger partial charge in [0.2, 0.25) is 0 Å². The van der Waals surface area contributed by atoms with E-state index in [0.29, 0.717) is 16.8 Å². The first kappa shape index (κ1) is 14.1. The lowest BCUT2D eigenvalue weighted by molar-refractivity contribution is -0.151. The number of nitrogens with two attached hydrogens (primary N) is 1. The topological polar surface area (TPSA) is 96.7 Å². The molecule has 1 aromatic carbocycles. The molecule has 7 heteroatoms. The van der Waals surface area contributed by atoms with Gasteiger partial charge in [-0.1, -0.05) is 6.07 Å². The fourth-order valence-electron chi connectivity index (χ4n) is 1.95. The number of rotatable bonds is 5. The third-order valence-corrected chi connectivity index (χ3v) is 2.74. The Morgan fingerprint density at radius 3 is 2.95 bits per heavy atom. The Labute approximate surface area is 114 Å². The predicted octanol–water partition coefficient (Wildman–Crippen LogP) is 0.755. The Morgan fingerprint density at radius 1 is 1.50 bits per heavy atom. The van der Waals surface area contributed by atoms with Crippen LogP contribution in [-0.2, 0) is 20.8 Å². The van der Waals surface area contributed by atoms with E-state index < -0.39 is 17.8 Å². The summed E-state index contributed by atoms with van der Waals surface area (Å²) in [5.41, 5.74) is 6.91. The summed E-state index contributed by atoms with van der Waals surface area (Å²) < 4.78 is 16.2. The van der Waals surface area contributed by atoms with Gasteiger partial charge in [-0.25, -0.2) is 4.79 Å². The molecule has 0 radical (unpaired) electrons. The summed E-state index contributed by atoms with van der Waals surface area (Å²) in [6.07, 6.45) is -0.390. The number of aromatic nitrogens is 1. The smallest absolute Gasteiger partial charge is 0.420 e. The quantitative estimate of drug-likeness (QED) is 0.641. The van der Waals surface area contributed by atoms with Gasteiger partial charge in [0.25, 0.3) is 0 Å². The molecular weight excluding hydrogens is 264 g/mol. The fraction of sp³-hybridized carbons (Fsp3) is 0.385. The molecule has 7 nitrogen and oxygen atoms in total. The molecule has 0 amide bonds. The van der Waals surface area contributed by atoms with E-state index in [1.807, 2.05) is 0 Å². The van der Waals surface area contributed by atoms with Crippen molar-refractivity contribution >= 4 is 22.8 Å². The second-order valence-corrected chi connectivity index (χ2v) is 4.40. The first-order valence-corrected chi connectivity index (χ1v) is 6.09. The van der Waals surface area contributed by atoms with Crippen LogP contribution in [0.5, 0.6) is 0 Å². The average Bonchev–Trinajstić information content (AvgIpc) is 2.67. The highest BCUT2D eigenvalue weighted by atomic mass is 16.6. The van der Waals surface area contributed by atoms with Gasteiger partial charge in [0.15, 0.2) is 5.58 Å². The molecule has 108 valence electrons. The lowest BCUT2D eigenvalue weighted by Gasteiger charge is -2.12. The van der Waals surface area contributed by atoms with E-state index in [2.05, 4.69) is 0 Å². The van der Waals surface area contributed by atoms with E-state index in [0.717, 1.165) is 4.57 Å². The van der Waals surface area contributed by atoms with Crippen LogP contribution in [0.2, 0.25) is 0 Å². The van der Waals surface area contributed by atoms with Crippen molar-refractivity contribution in [2.45, 2.75) is 19.6 Å². The number of hydrogen-bond acceptors (Lipinski definition) is 6. The molecule has 2 N–H and O–H groups in total. The molecule has 1 heterocycles. The highest BCUT2D eigenvalue weighted by Gasteiger charge is 2.17. The minimum absolute atomic E-state index is 0.256. The average molecular weight is 280 g/mol. The molecule has 0 saturated heterocycles. The van der Waals surface area contributed by atoms with Crippen molar-refractivity contribution in [3.05, 3.63) is 28.7 Å². The predicted molar refractivity (Wildman–Crippen MR) is 72.3 cm³/mol. The number of nitrogen functional groups attached to an aromatic ring is 1. The van der Waals surface area contributed by atoms with Crippen molar-refractivity contribution < 1.29 is 18.7 Å². The maximum Gasteiger partial charge on any atom is 0.420 e. The first-order chi connectivity index (χ1) is 9.52. The molecule has 1 atom stereocenters. The number of hydrogen-bond donors (Lipinski definition) is 1. The van der Waals surface area contributed by atoms with Crippen LogP contribution in [0.1, 0.15) is 6.92 Å². The zero-order valence-electron chi connectivity index (χ0n) is 11.3. The normalized spacial score (nSPS) is 12.5. The molecule has 0 fully saturated rings. The summed E-state index contributed by atoms with van der Waals surface area (Å²) in [5.74, 6) is -1.20. The van der Waals surface area contributed by atoms with Gasteiger partial charge in [0.1, 0.15) is 18.2 Å². The summed E-state index contributed by atoms with van der Waals surface area (Å²) in [4.78, 5) is 23.5. The Hall–Kier alpha value is -2.28. The van der Waals surface area contributed by atoms with Crippen molar-refractivity contribution in [1.82, 2.24) is 4.57 Å². The minimum atomic E-state index is -0.644. The lowest BCUT2D eigenvalue weighted by Crippen LogP contribution is -2.26. The van der Waals surface area contributed by atoms with Gasteiger partial charge in [0.05, 0.1) is 12.3 Å². The summed E-state index contributed by atoms with van der Waals surface area (Å²) in [6.45, 7) is 1.73. The van der Waals surface area contributed by atoms with Crippen molar-refractivity contribution in [2.24, 2.45) is 0 Å². The number of nitrogens with zero attached hydrogens (tertiary/aromatic N) is 1. The van der Waals surface area contributed by atoms with E-state index >= 15 is 0 Å². The number of esters is 1. The number of anilines is 1. The molecule has 2 rings (SSSR count). The van der Waals surface area contributed by atoms with E-state index in [1.165, 1.54) is 7.11 Å². The molecule has 0 aliphatic rings. The number of ether oxygens (including phenoxy) is 2. The highest BCUT2D eigenvalue weighted by molar-refractivity contribution is 5.86. The lowest BCUT2D eigenvalue weighted by atomic mass is 10.3. The maximum atomic E-state index is 11.8. The van der Waals surface area contributed by atoms with Crippen LogP contribution in [0.25, 0.3) is 11.1 Å². The zero-order chi connectivity index (χ0) is 14.7. The van der Waals surface area contributed by atoms with Crippen LogP contribution >= 0.6 is 0 Å². The summed E-state index contributed by atoms with van der Waals surface area (Å²) in [6, 6.07) is 4.92. The number of oxazole rings is 1. The third-order valence-electron chi connectivity index (χ3n) is 2.74. The summed E-state index contributed by atoms with van der Waals surface area (Å²) in [7, 11) is 1.51. The van der Waals surface area contributed by atoms with Crippen LogP contribution in [0, 0.1) is 0 Å². The molecular formula is C13H16N2O5. The van der Waals surface area contributed by atoms with Crippen LogP contribution < -0.4 is 11.5 Å². The Bertz CT molecular complexity index is 673. The van der Waals surface area contributed by atoms with Gasteiger partial charge in [-0.05, 0) is 19.1 Å². The molecule has 20 heavy (non-hydrogen) atoms. The monoisotopic (exact) mass is 280 g/mol. The van der Waals surface area contributed by atoms with Gasteiger partial charge >= 0.3 is 11.7 Å². The highest BCUT2D eigenvalue weighted by Crippen LogP contribution is 2.19. The molecule has 0 aliphatic carbocycles. The molecule has 0 spiro atoms. The molecule has 0 bridgehead atoms. The van der Waals surface area contributed by atoms with Crippen molar-refractivity contribution in [3.63, 3.8) is 0 Å². The van der Waals surface area contributed by atoms with Gasteiger partial charge in [0, 0.05) is 7.11 Å². The van der Waals surface area contributed by atoms with E-state index in [4.69, 9.17) is 19.6 Å². The van der Waals surface area contributed by atoms with Gasteiger partial charge in [-0.3, -0.25) is 9.36 Å². The number of fused-ring (bicyclic) bond motifs is 1. The SMILES string of the molecule is COCC(C)OC(=O)Cn1c(=O)oc2cccc(N)c21. The van der Waals surface area contributed by atoms with Crippen molar-refractivity contribution in [2.75, 3.05) is 19.5 Å². The molecule has 1 unspecified atom stereocenters. The zero-order valence-corrected chi connectivity index (χ0v) is 11.3. The number of benzene rings is 1. The first-order valence-electron chi connectivity index (χ1n) is 6.09. The van der Waals surface area contributed by atoms with Gasteiger partial charge in [-0.2, -0.15) is 0 Å². The van der Waals surface area contributed by atoms with E-state index in [1.54, 1.807) is 25.1 Å². The second kappa shape index (κ2) is 5.79. The molecule has 0 aliphatic heterocycles. The Morgan fingerprint density at radius 2 is 2.25 bits per heavy atom. The van der Waals surface area contributed by atoms with Crippen LogP contribution in [0.4, 0.5) is 5.69 Å². The van der Waals surface area contributed by atoms with E-state index in [-0.39, 0.29) is 13.2 Å². The number of carbonyl (C=O) groups is 1. The third kappa shape index (κ3) is 2.83. The summed E-state index contributed by atoms with van der Waals surface area (Å²) >= 11 is 0. The second-order valence-electron chi connectivity index (χ2n) is 4.40. The van der Waals surface area contributed by atoms with E-state index in [9.17, 15) is 9.59 Å². The molecule has 1 aromatic heterocycles. The van der Waals surface area contributed by atoms with Crippen LogP contribution in [0.3, 0.4) is 0 Å². The molecule has 2 aromatic rings. The largest absolute Gasteiger partial charge is 0.459 e. The maximum absolute atomic E-state index is 11.8. The number of para-hydroxylation sites is 1. The number of carbonyl (C=O) groups excluding carboxylic acids is 1. The van der Waals surface area contributed by atoms with Crippen molar-refractivity contribution in [1.29, 1.82) is 0 Å². The molecule has 0 saturated carbocycles. The van der Waals surface area contributed by atoms with Gasteiger partial charge < -0.3 is 19.6 Å². The number of methoxy groups -OCH3 is 1. The minimum Gasteiger partial charge on any atom is -0.459 e. The summed E-state index contributed by atoms with van der Waals surface area (Å²) in [5, 5.41) is 0. The Kier molecular flexibility index (Phi) is 4.09. The fourth-order valence-corrected chi connectivity index (χ4v) is 1.95. The Balaban J connectivity index is 2.24. The van der Waals surface area contributed by atoms with Gasteiger partial charge in [-0.15, -0.1) is 0 Å². The van der Waals surface area contributed by atoms with Crippen LogP contribution in [-0.4, -0.2) is 30.4 Å². The standard InChI is InChI=1S/C13H16N2O5/c1-8(7-18-2)19-11(16)6-15-12-9(14)4-3-5-10(12)20-13(15)17/h3-5,8H,6-7,14H2,1-2H3.